The number of aryl methyl sites for hydroxylation is 2. The second-order valence-corrected chi connectivity index (χ2v) is 9.62. The fourth-order valence-corrected chi connectivity index (χ4v) is 5.14. The van der Waals surface area contributed by atoms with E-state index in [0.717, 1.165) is 23.5 Å². The van der Waals surface area contributed by atoms with Gasteiger partial charge in [-0.25, -0.2) is 19.0 Å². The van der Waals surface area contributed by atoms with Gasteiger partial charge in [-0.15, -0.1) is 11.3 Å². The minimum absolute atomic E-state index is 0.00395. The number of nitrogens with one attached hydrogen (secondary N) is 1. The van der Waals surface area contributed by atoms with Gasteiger partial charge in [0, 0.05) is 23.9 Å². The number of primary amides is 1. The molecule has 198 valence electrons. The highest BCUT2D eigenvalue weighted by molar-refractivity contribution is 7.22. The van der Waals surface area contributed by atoms with Crippen molar-refractivity contribution >= 4 is 39.1 Å². The van der Waals surface area contributed by atoms with E-state index < -0.39 is 23.6 Å². The maximum Gasteiger partial charge on any atom is 0.416 e. The molecule has 13 heteroatoms. The molecule has 3 aromatic carbocycles. The lowest BCUT2D eigenvalue weighted by Gasteiger charge is -2.11. The second-order valence-electron chi connectivity index (χ2n) is 8.62. The first-order valence-corrected chi connectivity index (χ1v) is 12.2. The number of thiazole rings is 1. The number of hydrogen-bond donors (Lipinski definition) is 2. The Morgan fingerprint density at radius 2 is 1.77 bits per heavy atom. The van der Waals surface area contributed by atoms with E-state index >= 15 is 0 Å². The predicted octanol–water partition coefficient (Wildman–Crippen LogP) is 4.53. The van der Waals surface area contributed by atoms with Crippen LogP contribution in [0, 0.1) is 6.92 Å². The van der Waals surface area contributed by atoms with Gasteiger partial charge in [-0.1, -0.05) is 6.07 Å². The Labute approximate surface area is 222 Å². The molecule has 0 spiro atoms. The molecule has 39 heavy (non-hydrogen) atoms. The minimum Gasteiger partial charge on any atom is -0.366 e. The molecule has 0 aliphatic carbocycles. The molecule has 9 nitrogen and oxygen atoms in total. The fraction of sp³-hybridized carbons (Fsp3) is 0.115. The lowest BCUT2D eigenvalue weighted by molar-refractivity contribution is -0.137. The van der Waals surface area contributed by atoms with Crippen LogP contribution in [0.3, 0.4) is 0 Å². The summed E-state index contributed by atoms with van der Waals surface area (Å²) in [6.07, 6.45) is -4.71. The highest BCUT2D eigenvalue weighted by atomic mass is 32.1. The van der Waals surface area contributed by atoms with Crippen molar-refractivity contribution < 1.29 is 22.8 Å². The quantitative estimate of drug-likeness (QED) is 0.332. The zero-order valence-corrected chi connectivity index (χ0v) is 21.2. The Hall–Kier alpha value is -4.78. The number of carbonyl (C=O) groups excluding carboxylic acids is 2. The molecule has 3 N–H and O–H groups in total. The molecule has 0 saturated heterocycles. The van der Waals surface area contributed by atoms with Gasteiger partial charge in [-0.3, -0.25) is 9.59 Å². The summed E-state index contributed by atoms with van der Waals surface area (Å²) in [5.41, 5.74) is 5.20. The van der Waals surface area contributed by atoms with Crippen molar-refractivity contribution in [2.75, 3.05) is 5.32 Å². The first kappa shape index (κ1) is 25.9. The van der Waals surface area contributed by atoms with Crippen LogP contribution in [0.5, 0.6) is 0 Å². The topological polar surface area (TPSA) is 125 Å². The molecule has 0 aliphatic heterocycles. The molecule has 0 saturated carbocycles. The Morgan fingerprint density at radius 1 is 1.05 bits per heavy atom. The molecule has 2 aromatic heterocycles. The molecule has 5 aromatic rings. The highest BCUT2D eigenvalue weighted by Gasteiger charge is 2.33. The summed E-state index contributed by atoms with van der Waals surface area (Å²) < 4.78 is 44.0. The third-order valence-electron chi connectivity index (χ3n) is 5.93. The molecule has 0 bridgehead atoms. The molecular formula is C26H19F3N6O3S. The summed E-state index contributed by atoms with van der Waals surface area (Å²) in [5.74, 6) is -1.02. The van der Waals surface area contributed by atoms with E-state index in [2.05, 4.69) is 15.4 Å². The van der Waals surface area contributed by atoms with Gasteiger partial charge in [0.2, 0.25) is 5.91 Å². The zero-order chi connectivity index (χ0) is 28.1. The SMILES string of the molecule is Cc1nn(C)c(=O)n1-c1ccc(-c2nc3cc(C(F)(F)F)cc(C(=O)Nc4cccc(C(N)=O)c4)c3s2)cc1. The average Bonchev–Trinajstić information content (AvgIpc) is 3.43. The van der Waals surface area contributed by atoms with Crippen molar-refractivity contribution in [3.63, 3.8) is 0 Å². The number of amides is 2. The van der Waals surface area contributed by atoms with Crippen LogP contribution >= 0.6 is 11.3 Å². The lowest BCUT2D eigenvalue weighted by atomic mass is 10.1. The number of nitrogens with zero attached hydrogens (tertiary/aromatic N) is 4. The molecular weight excluding hydrogens is 533 g/mol. The van der Waals surface area contributed by atoms with Crippen LogP contribution in [-0.2, 0) is 13.2 Å². The number of nitrogens with two attached hydrogens (primary N) is 1. The molecule has 0 unspecified atom stereocenters. The third kappa shape index (κ3) is 4.91. The van der Waals surface area contributed by atoms with Crippen molar-refractivity contribution in [3.8, 4) is 16.3 Å². The third-order valence-corrected chi connectivity index (χ3v) is 7.08. The molecule has 2 heterocycles. The van der Waals surface area contributed by atoms with Crippen molar-refractivity contribution in [1.29, 1.82) is 0 Å². The van der Waals surface area contributed by atoms with Crippen LogP contribution in [0.1, 0.15) is 32.1 Å². The zero-order valence-electron chi connectivity index (χ0n) is 20.4. The molecule has 5 rings (SSSR count). The largest absolute Gasteiger partial charge is 0.416 e. The van der Waals surface area contributed by atoms with E-state index in [1.807, 2.05) is 0 Å². The predicted molar refractivity (Wildman–Crippen MR) is 140 cm³/mol. The monoisotopic (exact) mass is 552 g/mol. The van der Waals surface area contributed by atoms with Gasteiger partial charge in [0.25, 0.3) is 5.91 Å². The number of aromatic nitrogens is 4. The number of alkyl halides is 3. The first-order valence-electron chi connectivity index (χ1n) is 11.4. The van der Waals surface area contributed by atoms with E-state index in [1.54, 1.807) is 38.2 Å². The summed E-state index contributed by atoms with van der Waals surface area (Å²) >= 11 is 1.06. The van der Waals surface area contributed by atoms with Crippen LogP contribution in [0.25, 0.3) is 26.5 Å². The van der Waals surface area contributed by atoms with Gasteiger partial charge in [0.05, 0.1) is 27.0 Å². The molecule has 2 amide bonds. The Bertz CT molecular complexity index is 1820. The van der Waals surface area contributed by atoms with Gasteiger partial charge in [0.15, 0.2) is 0 Å². The van der Waals surface area contributed by atoms with Gasteiger partial charge in [-0.05, 0) is 61.5 Å². The standard InChI is InChI=1S/C26H19F3N6O3S/c1-13-33-34(2)25(38)35(13)18-8-6-14(7-9-18)24-32-20-12-16(26(27,28)29)11-19(21(20)39-24)23(37)31-17-5-3-4-15(10-17)22(30)36/h3-12H,1-2H3,(H2,30,36)(H,31,37). The number of anilines is 1. The van der Waals surface area contributed by atoms with Crippen LogP contribution in [0.2, 0.25) is 0 Å². The second kappa shape index (κ2) is 9.51. The van der Waals surface area contributed by atoms with Crippen LogP contribution in [0.15, 0.2) is 65.5 Å². The normalized spacial score (nSPS) is 11.6. The maximum atomic E-state index is 13.7. The Balaban J connectivity index is 1.56. The number of halogens is 3. The number of carbonyl (C=O) groups is 2. The number of benzene rings is 3. The van der Waals surface area contributed by atoms with Crippen LogP contribution in [-0.4, -0.2) is 31.1 Å². The maximum absolute atomic E-state index is 13.7. The van der Waals surface area contributed by atoms with Crippen molar-refractivity contribution in [2.45, 2.75) is 13.1 Å². The Morgan fingerprint density at radius 3 is 2.38 bits per heavy atom. The van der Waals surface area contributed by atoms with E-state index in [1.165, 1.54) is 33.5 Å². The summed E-state index contributed by atoms with van der Waals surface area (Å²) in [5, 5.41) is 7.02. The Kier molecular flexibility index (Phi) is 6.30. The average molecular weight is 553 g/mol. The molecule has 0 aliphatic rings. The van der Waals surface area contributed by atoms with E-state index in [4.69, 9.17) is 5.73 Å². The number of rotatable bonds is 5. The molecule has 0 radical (unpaired) electrons. The summed E-state index contributed by atoms with van der Waals surface area (Å²) in [7, 11) is 1.54. The van der Waals surface area contributed by atoms with Gasteiger partial charge >= 0.3 is 11.9 Å². The van der Waals surface area contributed by atoms with E-state index in [0.29, 0.717) is 22.1 Å². The van der Waals surface area contributed by atoms with Crippen LogP contribution in [0.4, 0.5) is 18.9 Å². The van der Waals surface area contributed by atoms with Gasteiger partial charge in [-0.2, -0.15) is 18.3 Å². The van der Waals surface area contributed by atoms with E-state index in [9.17, 15) is 27.6 Å². The van der Waals surface area contributed by atoms with Gasteiger partial charge < -0.3 is 11.1 Å². The summed E-state index contributed by atoms with van der Waals surface area (Å²) in [6, 6.07) is 14.2. The fourth-order valence-electron chi connectivity index (χ4n) is 4.08. The summed E-state index contributed by atoms with van der Waals surface area (Å²) in [4.78, 5) is 41.4. The molecule has 0 atom stereocenters. The molecule has 0 fully saturated rings. The van der Waals surface area contributed by atoms with Crippen LogP contribution < -0.4 is 16.7 Å². The first-order chi connectivity index (χ1) is 18.4. The van der Waals surface area contributed by atoms with E-state index in [-0.39, 0.29) is 32.7 Å². The highest BCUT2D eigenvalue weighted by Crippen LogP contribution is 2.38. The smallest absolute Gasteiger partial charge is 0.366 e. The minimum atomic E-state index is -4.71. The van der Waals surface area contributed by atoms with Crippen molar-refractivity contribution in [1.82, 2.24) is 19.3 Å². The lowest BCUT2D eigenvalue weighted by Crippen LogP contribution is -2.21. The number of fused-ring (bicyclic) bond motifs is 1. The van der Waals surface area contributed by atoms with Crippen molar-refractivity contribution in [3.05, 3.63) is 93.7 Å². The number of hydrogen-bond acceptors (Lipinski definition) is 6. The summed E-state index contributed by atoms with van der Waals surface area (Å²) in [6.45, 7) is 1.69. The van der Waals surface area contributed by atoms with Crippen molar-refractivity contribution in [2.24, 2.45) is 12.8 Å². The van der Waals surface area contributed by atoms with Gasteiger partial charge in [0.1, 0.15) is 10.8 Å².